The molecule has 2 aliphatic heterocycles. The molecule has 0 amide bonds. The number of morpholine rings is 2. The Kier molecular flexibility index (Phi) is 6.95. The highest BCUT2D eigenvalue weighted by Gasteiger charge is 2.24. The molecule has 0 N–H and O–H groups in total. The van der Waals surface area contributed by atoms with Gasteiger partial charge < -0.3 is 14.4 Å². The Labute approximate surface area is 178 Å². The molecule has 0 saturated carbocycles. The SMILES string of the molecule is C=NC(=NC(=NCN1CCOCC1)n1c(C(F)F)nc2ccccc21)N1CCOCC1. The normalized spacial score (nSPS) is 19.4. The van der Waals surface area contributed by atoms with Crippen molar-refractivity contribution in [2.75, 3.05) is 59.3 Å². The van der Waals surface area contributed by atoms with Crippen molar-refractivity contribution in [3.63, 3.8) is 0 Å². The molecule has 0 atom stereocenters. The first kappa shape index (κ1) is 21.5. The van der Waals surface area contributed by atoms with E-state index in [4.69, 9.17) is 9.47 Å². The number of ether oxygens (including phenoxy) is 2. The summed E-state index contributed by atoms with van der Waals surface area (Å²) in [6.45, 7) is 8.79. The van der Waals surface area contributed by atoms with E-state index in [0.717, 1.165) is 0 Å². The van der Waals surface area contributed by atoms with Gasteiger partial charge in [-0.3, -0.25) is 9.47 Å². The molecule has 0 bridgehead atoms. The molecular formula is C20H25F2N7O2. The molecule has 1 aromatic carbocycles. The van der Waals surface area contributed by atoms with Gasteiger partial charge in [0.05, 0.1) is 44.1 Å². The predicted molar refractivity (Wildman–Crippen MR) is 114 cm³/mol. The van der Waals surface area contributed by atoms with Gasteiger partial charge in [0.2, 0.25) is 11.9 Å². The van der Waals surface area contributed by atoms with Crippen molar-refractivity contribution in [1.29, 1.82) is 0 Å². The molecule has 1 aromatic heterocycles. The van der Waals surface area contributed by atoms with Crippen LogP contribution >= 0.6 is 0 Å². The molecule has 2 saturated heterocycles. The van der Waals surface area contributed by atoms with Crippen LogP contribution in [0.4, 0.5) is 8.78 Å². The third-order valence-electron chi connectivity index (χ3n) is 5.13. The molecule has 0 spiro atoms. The molecule has 2 aliphatic rings. The standard InChI is InChI=1S/C20H25F2N7O2/c1-23-19(28-8-12-31-13-9-28)26-20(24-14-27-6-10-30-11-7-27)29-16-5-3-2-4-15(16)25-18(29)17(21)22/h2-5,17H,1,6-14H2. The number of hydrogen-bond acceptors (Lipinski definition) is 5. The van der Waals surface area contributed by atoms with Crippen LogP contribution in [0.2, 0.25) is 0 Å². The Hall–Kier alpha value is -2.76. The summed E-state index contributed by atoms with van der Waals surface area (Å²) in [7, 11) is 0. The molecule has 2 aromatic rings. The molecule has 9 nitrogen and oxygen atoms in total. The quantitative estimate of drug-likeness (QED) is 0.545. The highest BCUT2D eigenvalue weighted by Crippen LogP contribution is 2.24. The first-order valence-corrected chi connectivity index (χ1v) is 10.2. The number of guanidine groups is 1. The minimum atomic E-state index is -2.79. The number of para-hydroxylation sites is 2. The van der Waals surface area contributed by atoms with Crippen LogP contribution in [-0.2, 0) is 9.47 Å². The summed E-state index contributed by atoms with van der Waals surface area (Å²) in [6, 6.07) is 6.94. The molecule has 2 fully saturated rings. The van der Waals surface area contributed by atoms with E-state index in [1.54, 1.807) is 24.3 Å². The third-order valence-corrected chi connectivity index (χ3v) is 5.13. The van der Waals surface area contributed by atoms with Crippen LogP contribution in [0.3, 0.4) is 0 Å². The predicted octanol–water partition coefficient (Wildman–Crippen LogP) is 1.86. The molecule has 166 valence electrons. The van der Waals surface area contributed by atoms with Crippen LogP contribution in [0, 0.1) is 0 Å². The van der Waals surface area contributed by atoms with Crippen molar-refractivity contribution in [2.24, 2.45) is 15.0 Å². The lowest BCUT2D eigenvalue weighted by Crippen LogP contribution is -2.40. The van der Waals surface area contributed by atoms with Gasteiger partial charge >= 0.3 is 0 Å². The Balaban J connectivity index is 1.78. The topological polar surface area (TPSA) is 79.8 Å². The van der Waals surface area contributed by atoms with E-state index >= 15 is 0 Å². The maximum Gasteiger partial charge on any atom is 0.296 e. The van der Waals surface area contributed by atoms with E-state index < -0.39 is 12.2 Å². The number of halogens is 2. The Morgan fingerprint density at radius 2 is 1.71 bits per heavy atom. The van der Waals surface area contributed by atoms with Gasteiger partial charge in [-0.2, -0.15) is 4.99 Å². The van der Waals surface area contributed by atoms with E-state index in [1.807, 2.05) is 4.90 Å². The number of benzene rings is 1. The number of aromatic nitrogens is 2. The summed E-state index contributed by atoms with van der Waals surface area (Å²) in [6.07, 6.45) is -2.79. The van der Waals surface area contributed by atoms with Crippen LogP contribution < -0.4 is 0 Å². The highest BCUT2D eigenvalue weighted by atomic mass is 19.3. The first-order valence-electron chi connectivity index (χ1n) is 10.2. The summed E-state index contributed by atoms with van der Waals surface area (Å²) in [5, 5.41) is 0. The number of alkyl halides is 2. The van der Waals surface area contributed by atoms with E-state index in [9.17, 15) is 8.78 Å². The van der Waals surface area contributed by atoms with Crippen molar-refractivity contribution in [2.45, 2.75) is 6.43 Å². The van der Waals surface area contributed by atoms with Gasteiger partial charge in [0, 0.05) is 26.2 Å². The maximum absolute atomic E-state index is 13.9. The van der Waals surface area contributed by atoms with E-state index in [-0.39, 0.29) is 5.96 Å². The number of fused-ring (bicyclic) bond motifs is 1. The minimum Gasteiger partial charge on any atom is -0.379 e. The summed E-state index contributed by atoms with van der Waals surface area (Å²) in [4.78, 5) is 21.3. The van der Waals surface area contributed by atoms with Gasteiger partial charge in [-0.05, 0) is 18.9 Å². The fourth-order valence-electron chi connectivity index (χ4n) is 3.52. The van der Waals surface area contributed by atoms with Gasteiger partial charge in [-0.1, -0.05) is 12.1 Å². The fraction of sp³-hybridized carbons (Fsp3) is 0.500. The lowest BCUT2D eigenvalue weighted by atomic mass is 10.3. The van der Waals surface area contributed by atoms with Crippen LogP contribution in [0.1, 0.15) is 12.2 Å². The zero-order chi connectivity index (χ0) is 21.6. The maximum atomic E-state index is 13.9. The van der Waals surface area contributed by atoms with Crippen molar-refractivity contribution >= 4 is 29.7 Å². The number of rotatable bonds is 3. The molecule has 0 unspecified atom stereocenters. The molecule has 11 heteroatoms. The van der Waals surface area contributed by atoms with Crippen LogP contribution in [-0.4, -0.2) is 97.3 Å². The Bertz CT molecular complexity index is 964. The van der Waals surface area contributed by atoms with Crippen molar-refractivity contribution in [3.8, 4) is 0 Å². The molecular weight excluding hydrogens is 408 g/mol. The number of nitrogens with zero attached hydrogens (tertiary/aromatic N) is 7. The Morgan fingerprint density at radius 3 is 2.39 bits per heavy atom. The second-order valence-electron chi connectivity index (χ2n) is 7.09. The zero-order valence-corrected chi connectivity index (χ0v) is 17.2. The zero-order valence-electron chi connectivity index (χ0n) is 17.2. The van der Waals surface area contributed by atoms with Crippen LogP contribution in [0.5, 0.6) is 0 Å². The average Bonchev–Trinajstić information content (AvgIpc) is 3.21. The number of imidazole rings is 1. The van der Waals surface area contributed by atoms with E-state index in [0.29, 0.717) is 76.3 Å². The summed E-state index contributed by atoms with van der Waals surface area (Å²) < 4.78 is 39.9. The highest BCUT2D eigenvalue weighted by molar-refractivity contribution is 6.01. The van der Waals surface area contributed by atoms with E-state index in [2.05, 4.69) is 31.6 Å². The van der Waals surface area contributed by atoms with Gasteiger partial charge in [-0.25, -0.2) is 23.7 Å². The van der Waals surface area contributed by atoms with Gasteiger partial charge in [0.15, 0.2) is 5.82 Å². The minimum absolute atomic E-state index is 0.101. The second-order valence-corrected chi connectivity index (χ2v) is 7.09. The average molecular weight is 433 g/mol. The van der Waals surface area contributed by atoms with Gasteiger partial charge in [0.25, 0.3) is 6.43 Å². The van der Waals surface area contributed by atoms with Crippen molar-refractivity contribution < 1.29 is 18.3 Å². The lowest BCUT2D eigenvalue weighted by molar-refractivity contribution is 0.0393. The molecule has 31 heavy (non-hydrogen) atoms. The fourth-order valence-corrected chi connectivity index (χ4v) is 3.52. The van der Waals surface area contributed by atoms with Crippen molar-refractivity contribution in [1.82, 2.24) is 19.4 Å². The summed E-state index contributed by atoms with van der Waals surface area (Å²) in [5.74, 6) is 0.0162. The van der Waals surface area contributed by atoms with Crippen molar-refractivity contribution in [3.05, 3.63) is 30.1 Å². The molecule has 4 rings (SSSR count). The molecule has 3 heterocycles. The smallest absolute Gasteiger partial charge is 0.296 e. The van der Waals surface area contributed by atoms with E-state index in [1.165, 1.54) is 4.57 Å². The largest absolute Gasteiger partial charge is 0.379 e. The third kappa shape index (κ3) is 4.94. The summed E-state index contributed by atoms with van der Waals surface area (Å²) >= 11 is 0. The van der Waals surface area contributed by atoms with Gasteiger partial charge in [-0.15, -0.1) is 0 Å². The number of hydrogen-bond donors (Lipinski definition) is 0. The monoisotopic (exact) mass is 433 g/mol. The second kappa shape index (κ2) is 10.0. The van der Waals surface area contributed by atoms with Crippen LogP contribution in [0.25, 0.3) is 11.0 Å². The molecule has 0 radical (unpaired) electrons. The van der Waals surface area contributed by atoms with Crippen LogP contribution in [0.15, 0.2) is 39.2 Å². The summed E-state index contributed by atoms with van der Waals surface area (Å²) in [5.41, 5.74) is 0.958. The first-order chi connectivity index (χ1) is 15.2. The molecule has 0 aliphatic carbocycles. The lowest BCUT2D eigenvalue weighted by Gasteiger charge is -2.28. The van der Waals surface area contributed by atoms with Gasteiger partial charge in [0.1, 0.15) is 0 Å². The Morgan fingerprint density at radius 1 is 1.03 bits per heavy atom. The number of aliphatic imine (C=N–C) groups is 3.